The van der Waals surface area contributed by atoms with Crippen LogP contribution >= 0.6 is 0 Å². The Hall–Kier alpha value is -2.10. The van der Waals surface area contributed by atoms with E-state index in [1.807, 2.05) is 30.3 Å². The molecular weight excluding hydrogens is 268 g/mol. The van der Waals surface area contributed by atoms with Gasteiger partial charge in [-0.1, -0.05) is 49.6 Å². The van der Waals surface area contributed by atoms with Crippen molar-refractivity contribution < 1.29 is 19.8 Å². The van der Waals surface area contributed by atoms with E-state index in [2.05, 4.69) is 0 Å². The van der Waals surface area contributed by atoms with E-state index < -0.39 is 11.9 Å². The molecule has 1 aliphatic rings. The molecule has 1 aliphatic carbocycles. The average Bonchev–Trinajstić information content (AvgIpc) is 2.48. The molecule has 112 valence electrons. The van der Waals surface area contributed by atoms with E-state index in [9.17, 15) is 19.8 Å². The molecule has 0 amide bonds. The van der Waals surface area contributed by atoms with Gasteiger partial charge in [0.2, 0.25) is 0 Å². The molecule has 2 N–H and O–H groups in total. The summed E-state index contributed by atoms with van der Waals surface area (Å²) in [7, 11) is 0. The molecule has 1 aromatic carbocycles. The minimum atomic E-state index is -1.12. The van der Waals surface area contributed by atoms with Crippen molar-refractivity contribution in [3.63, 3.8) is 0 Å². The monoisotopic (exact) mass is 288 g/mol. The molecule has 0 saturated heterocycles. The van der Waals surface area contributed by atoms with Gasteiger partial charge in [0.25, 0.3) is 0 Å². The van der Waals surface area contributed by atoms with Crippen molar-refractivity contribution in [1.29, 1.82) is 0 Å². The zero-order valence-corrected chi connectivity index (χ0v) is 11.9. The maximum Gasteiger partial charge on any atom is 0.332 e. The summed E-state index contributed by atoms with van der Waals surface area (Å²) in [6, 6.07) is 9.16. The van der Waals surface area contributed by atoms with Crippen LogP contribution in [0.4, 0.5) is 0 Å². The van der Waals surface area contributed by atoms with E-state index >= 15 is 0 Å². The van der Waals surface area contributed by atoms with E-state index in [-0.39, 0.29) is 23.5 Å². The van der Waals surface area contributed by atoms with E-state index in [1.54, 1.807) is 0 Å². The Kier molecular flexibility index (Phi) is 5.14. The van der Waals surface area contributed by atoms with Crippen molar-refractivity contribution in [2.45, 2.75) is 38.5 Å². The van der Waals surface area contributed by atoms with Crippen LogP contribution in [0.5, 0.6) is 0 Å². The quantitative estimate of drug-likeness (QED) is 0.815. The van der Waals surface area contributed by atoms with Crippen molar-refractivity contribution in [2.24, 2.45) is 5.92 Å². The molecule has 1 saturated carbocycles. The number of carboxylic acids is 2. The highest BCUT2D eigenvalue weighted by Gasteiger charge is 2.29. The zero-order valence-electron chi connectivity index (χ0n) is 11.9. The Balaban J connectivity index is 2.37. The molecule has 0 heterocycles. The van der Waals surface area contributed by atoms with Crippen molar-refractivity contribution in [3.8, 4) is 0 Å². The van der Waals surface area contributed by atoms with Crippen LogP contribution in [0.25, 0.3) is 0 Å². The second kappa shape index (κ2) is 7.07. The van der Waals surface area contributed by atoms with Gasteiger partial charge in [-0.3, -0.25) is 0 Å². The van der Waals surface area contributed by atoms with E-state index in [0.29, 0.717) is 0 Å². The fourth-order valence-electron chi connectivity index (χ4n) is 3.03. The van der Waals surface area contributed by atoms with Gasteiger partial charge in [0.15, 0.2) is 0 Å². The Morgan fingerprint density at radius 2 is 1.57 bits per heavy atom. The molecule has 4 nitrogen and oxygen atoms in total. The largest absolute Gasteiger partial charge is 0.478 e. The first-order valence-electron chi connectivity index (χ1n) is 7.33. The normalized spacial score (nSPS) is 17.1. The Labute approximate surface area is 124 Å². The van der Waals surface area contributed by atoms with Crippen molar-refractivity contribution >= 4 is 11.9 Å². The van der Waals surface area contributed by atoms with Crippen LogP contribution in [0, 0.1) is 5.92 Å². The molecule has 0 radical (unpaired) electrons. The van der Waals surface area contributed by atoms with Gasteiger partial charge in [-0.15, -0.1) is 0 Å². The van der Waals surface area contributed by atoms with Crippen LogP contribution < -0.4 is 0 Å². The van der Waals surface area contributed by atoms with Gasteiger partial charge in [0, 0.05) is 6.42 Å². The van der Waals surface area contributed by atoms with Gasteiger partial charge < -0.3 is 10.2 Å². The molecule has 0 atom stereocenters. The molecule has 1 aromatic rings. The van der Waals surface area contributed by atoms with Crippen molar-refractivity contribution in [1.82, 2.24) is 0 Å². The molecule has 0 bridgehead atoms. The minimum absolute atomic E-state index is 0.0283. The first kappa shape index (κ1) is 15.3. The van der Waals surface area contributed by atoms with Gasteiger partial charge in [-0.25, -0.2) is 9.59 Å². The van der Waals surface area contributed by atoms with Crippen molar-refractivity contribution in [2.75, 3.05) is 0 Å². The Bertz CT molecular complexity index is 539. The van der Waals surface area contributed by atoms with Crippen molar-refractivity contribution in [3.05, 3.63) is 47.0 Å². The van der Waals surface area contributed by atoms with Crippen LogP contribution in [0.2, 0.25) is 0 Å². The lowest BCUT2D eigenvalue weighted by Crippen LogP contribution is -2.22. The van der Waals surface area contributed by atoms with Gasteiger partial charge in [-0.2, -0.15) is 0 Å². The lowest BCUT2D eigenvalue weighted by molar-refractivity contribution is -0.136. The topological polar surface area (TPSA) is 74.6 Å². The number of aliphatic carboxylic acids is 2. The van der Waals surface area contributed by atoms with Crippen LogP contribution in [-0.4, -0.2) is 22.2 Å². The highest BCUT2D eigenvalue weighted by Crippen LogP contribution is 2.32. The fourth-order valence-corrected chi connectivity index (χ4v) is 3.03. The smallest absolute Gasteiger partial charge is 0.332 e. The van der Waals surface area contributed by atoms with Crippen LogP contribution in [0.1, 0.15) is 37.7 Å². The third-order valence-corrected chi connectivity index (χ3v) is 4.05. The molecule has 21 heavy (non-hydrogen) atoms. The highest BCUT2D eigenvalue weighted by atomic mass is 16.4. The molecule has 0 spiro atoms. The summed E-state index contributed by atoms with van der Waals surface area (Å²) in [5, 5.41) is 19.0. The summed E-state index contributed by atoms with van der Waals surface area (Å²) in [5.74, 6) is -2.34. The maximum atomic E-state index is 11.6. The second-order valence-electron chi connectivity index (χ2n) is 5.50. The SMILES string of the molecule is O=C(O)C(Cc1ccccc1)=C(C(=O)O)C1CCCCC1. The standard InChI is InChI=1S/C17H20O4/c18-16(19)14(11-12-7-3-1-4-8-12)15(17(20)21)13-9-5-2-6-10-13/h1,3-4,7-8,13H,2,5-6,9-11H2,(H,18,19)(H,20,21). The number of carbonyl (C=O) groups is 2. The minimum Gasteiger partial charge on any atom is -0.478 e. The van der Waals surface area contributed by atoms with Gasteiger partial charge in [0.05, 0.1) is 11.1 Å². The number of hydrogen-bond donors (Lipinski definition) is 2. The van der Waals surface area contributed by atoms with E-state index in [1.165, 1.54) is 0 Å². The third-order valence-electron chi connectivity index (χ3n) is 4.05. The molecular formula is C17H20O4. The molecule has 0 unspecified atom stereocenters. The molecule has 2 rings (SSSR count). The summed E-state index contributed by atoms with van der Waals surface area (Å²) >= 11 is 0. The summed E-state index contributed by atoms with van der Waals surface area (Å²) in [4.78, 5) is 23.2. The van der Waals surface area contributed by atoms with E-state index in [4.69, 9.17) is 0 Å². The second-order valence-corrected chi connectivity index (χ2v) is 5.50. The predicted molar refractivity (Wildman–Crippen MR) is 79.0 cm³/mol. The number of hydrogen-bond acceptors (Lipinski definition) is 2. The van der Waals surface area contributed by atoms with Crippen LogP contribution in [0.15, 0.2) is 41.5 Å². The zero-order chi connectivity index (χ0) is 15.2. The van der Waals surface area contributed by atoms with Gasteiger partial charge in [-0.05, 0) is 24.3 Å². The molecule has 0 aliphatic heterocycles. The lowest BCUT2D eigenvalue weighted by atomic mass is 9.80. The fraction of sp³-hybridized carbons (Fsp3) is 0.412. The number of benzene rings is 1. The first-order valence-corrected chi connectivity index (χ1v) is 7.33. The summed E-state index contributed by atoms with van der Waals surface area (Å²) in [5.41, 5.74) is 0.955. The van der Waals surface area contributed by atoms with Gasteiger partial charge in [0.1, 0.15) is 0 Å². The van der Waals surface area contributed by atoms with Crippen LogP contribution in [-0.2, 0) is 16.0 Å². The summed E-state index contributed by atoms with van der Waals surface area (Å²) in [6.45, 7) is 0. The average molecular weight is 288 g/mol. The third kappa shape index (κ3) is 3.94. The predicted octanol–water partition coefficient (Wildman–Crippen LogP) is 3.28. The first-order chi connectivity index (χ1) is 10.1. The molecule has 0 aromatic heterocycles. The summed E-state index contributed by atoms with van der Waals surface area (Å²) in [6.07, 6.45) is 4.75. The van der Waals surface area contributed by atoms with Gasteiger partial charge >= 0.3 is 11.9 Å². The maximum absolute atomic E-state index is 11.6. The number of carboxylic acid groups (broad SMARTS) is 2. The highest BCUT2D eigenvalue weighted by molar-refractivity contribution is 5.99. The van der Waals surface area contributed by atoms with E-state index in [0.717, 1.165) is 37.7 Å². The Morgan fingerprint density at radius 1 is 0.952 bits per heavy atom. The Morgan fingerprint density at radius 3 is 2.10 bits per heavy atom. The number of rotatable bonds is 5. The summed E-state index contributed by atoms with van der Waals surface area (Å²) < 4.78 is 0. The lowest BCUT2D eigenvalue weighted by Gasteiger charge is -2.24. The molecule has 4 heteroatoms. The molecule has 1 fully saturated rings. The van der Waals surface area contributed by atoms with Crippen LogP contribution in [0.3, 0.4) is 0 Å².